The topological polar surface area (TPSA) is 52.0 Å². The lowest BCUT2D eigenvalue weighted by atomic mass is 9.89. The van der Waals surface area contributed by atoms with Crippen LogP contribution in [0.5, 0.6) is 0 Å². The van der Waals surface area contributed by atoms with E-state index in [1.807, 2.05) is 0 Å². The molecule has 0 radical (unpaired) electrons. The minimum atomic E-state index is -4.62. The van der Waals surface area contributed by atoms with Gasteiger partial charge in [0.05, 0.1) is 0 Å². The Labute approximate surface area is 78.0 Å². The number of alkyl halides is 5. The summed E-state index contributed by atoms with van der Waals surface area (Å²) in [5.74, 6) is 0. The van der Waals surface area contributed by atoms with Crippen molar-refractivity contribution < 1.29 is 13.2 Å². The van der Waals surface area contributed by atoms with Crippen LogP contribution in [0.1, 0.15) is 6.92 Å². The van der Waals surface area contributed by atoms with Gasteiger partial charge in [-0.25, -0.2) is 0 Å². The summed E-state index contributed by atoms with van der Waals surface area (Å²) in [5, 5.41) is 0. The molecule has 0 aromatic heterocycles. The summed E-state index contributed by atoms with van der Waals surface area (Å²) >= 11 is 10.3. The average Bonchev–Trinajstić information content (AvgIpc) is 1.81. The Kier molecular flexibility index (Phi) is 3.29. The summed E-state index contributed by atoms with van der Waals surface area (Å²) in [6, 6.07) is 0. The van der Waals surface area contributed by atoms with Gasteiger partial charge in [0.2, 0.25) is 0 Å². The molecule has 0 aliphatic heterocycles. The molecule has 0 heterocycles. The molecule has 0 saturated heterocycles. The molecule has 0 spiro atoms. The van der Waals surface area contributed by atoms with Crippen LogP contribution in [0.3, 0.4) is 0 Å². The first-order chi connectivity index (χ1) is 5.06. The van der Waals surface area contributed by atoms with Crippen molar-refractivity contribution >= 4 is 23.2 Å². The van der Waals surface area contributed by atoms with Crippen molar-refractivity contribution in [3.8, 4) is 0 Å². The number of hydrogen-bond acceptors (Lipinski definition) is 2. The van der Waals surface area contributed by atoms with E-state index in [1.54, 1.807) is 0 Å². The summed E-state index contributed by atoms with van der Waals surface area (Å²) < 4.78 is 34.4. The second-order valence-electron chi connectivity index (χ2n) is 2.66. The molecule has 74 valence electrons. The molecule has 0 aliphatic carbocycles. The third-order valence-corrected chi connectivity index (χ3v) is 2.60. The van der Waals surface area contributed by atoms with Gasteiger partial charge in [-0.15, -0.1) is 0 Å². The van der Waals surface area contributed by atoms with Gasteiger partial charge in [0.15, 0.2) is 4.46 Å². The molecule has 0 rings (SSSR count). The standard InChI is InChI=1S/C5H9Cl2F3N2/c1-3(2-11,4(6,7)12)5(8,9)10/h2,11-12H2,1H3. The molecule has 1 unspecified atom stereocenters. The maximum Gasteiger partial charge on any atom is 0.399 e. The fourth-order valence-corrected chi connectivity index (χ4v) is 0.809. The highest BCUT2D eigenvalue weighted by atomic mass is 35.5. The van der Waals surface area contributed by atoms with Crippen molar-refractivity contribution in [2.45, 2.75) is 17.6 Å². The summed E-state index contributed by atoms with van der Waals surface area (Å²) in [4.78, 5) is 0. The molecule has 7 heteroatoms. The third-order valence-electron chi connectivity index (χ3n) is 1.77. The van der Waals surface area contributed by atoms with E-state index in [0.29, 0.717) is 0 Å². The summed E-state index contributed by atoms with van der Waals surface area (Å²) in [7, 11) is 0. The van der Waals surface area contributed by atoms with Gasteiger partial charge >= 0.3 is 6.18 Å². The van der Waals surface area contributed by atoms with Gasteiger partial charge in [-0.3, -0.25) is 5.73 Å². The molecule has 0 aromatic rings. The number of rotatable bonds is 2. The lowest BCUT2D eigenvalue weighted by molar-refractivity contribution is -0.218. The molecule has 0 saturated carbocycles. The van der Waals surface area contributed by atoms with Gasteiger partial charge in [0.1, 0.15) is 5.41 Å². The molecular formula is C5H9Cl2F3N2. The van der Waals surface area contributed by atoms with Crippen molar-refractivity contribution in [3.63, 3.8) is 0 Å². The minimum Gasteiger partial charge on any atom is -0.329 e. The first kappa shape index (κ1) is 12.3. The van der Waals surface area contributed by atoms with Crippen LogP contribution < -0.4 is 11.5 Å². The van der Waals surface area contributed by atoms with Crippen LogP contribution in [-0.4, -0.2) is 17.2 Å². The molecule has 1 atom stereocenters. The highest BCUT2D eigenvalue weighted by molar-refractivity contribution is 6.48. The first-order valence-electron chi connectivity index (χ1n) is 3.00. The molecule has 0 aliphatic rings. The van der Waals surface area contributed by atoms with E-state index < -0.39 is 22.6 Å². The number of hydrogen-bond donors (Lipinski definition) is 2. The van der Waals surface area contributed by atoms with Crippen molar-refractivity contribution in [2.24, 2.45) is 16.9 Å². The van der Waals surface area contributed by atoms with Gasteiger partial charge < -0.3 is 5.73 Å². The Morgan fingerprint density at radius 2 is 1.58 bits per heavy atom. The lowest BCUT2D eigenvalue weighted by Gasteiger charge is -2.37. The predicted molar refractivity (Wildman–Crippen MR) is 41.8 cm³/mol. The van der Waals surface area contributed by atoms with Crippen molar-refractivity contribution in [1.29, 1.82) is 0 Å². The molecule has 2 nitrogen and oxygen atoms in total. The van der Waals surface area contributed by atoms with Crippen LogP contribution in [0.25, 0.3) is 0 Å². The van der Waals surface area contributed by atoms with E-state index in [-0.39, 0.29) is 0 Å². The van der Waals surface area contributed by atoms with E-state index in [1.165, 1.54) is 0 Å². The fraction of sp³-hybridized carbons (Fsp3) is 1.00. The summed E-state index contributed by atoms with van der Waals surface area (Å²) in [6.07, 6.45) is -4.62. The largest absolute Gasteiger partial charge is 0.399 e. The number of nitrogens with two attached hydrogens (primary N) is 2. The Bertz CT molecular complexity index is 149. The monoisotopic (exact) mass is 224 g/mol. The molecule has 12 heavy (non-hydrogen) atoms. The van der Waals surface area contributed by atoms with Crippen LogP contribution in [0, 0.1) is 5.41 Å². The third kappa shape index (κ3) is 1.96. The Balaban J connectivity index is 4.95. The zero-order valence-electron chi connectivity index (χ0n) is 6.25. The van der Waals surface area contributed by atoms with E-state index in [0.717, 1.165) is 6.92 Å². The second-order valence-corrected chi connectivity index (χ2v) is 4.04. The maximum atomic E-state index is 12.3. The summed E-state index contributed by atoms with van der Waals surface area (Å²) in [6.45, 7) is 0.00694. The zero-order valence-corrected chi connectivity index (χ0v) is 7.76. The zero-order chi connectivity index (χ0) is 10.2. The predicted octanol–water partition coefficient (Wildman–Crippen LogP) is 1.60. The highest BCUT2D eigenvalue weighted by Crippen LogP contribution is 2.47. The smallest absolute Gasteiger partial charge is 0.329 e. The highest BCUT2D eigenvalue weighted by Gasteiger charge is 2.60. The Hall–Kier alpha value is 0.290. The Morgan fingerprint density at radius 1 is 1.25 bits per heavy atom. The quantitative estimate of drug-likeness (QED) is 0.554. The average molecular weight is 225 g/mol. The molecule has 0 fully saturated rings. The van der Waals surface area contributed by atoms with Crippen LogP contribution >= 0.6 is 23.2 Å². The first-order valence-corrected chi connectivity index (χ1v) is 3.75. The molecule has 4 N–H and O–H groups in total. The molecular weight excluding hydrogens is 216 g/mol. The van der Waals surface area contributed by atoms with E-state index >= 15 is 0 Å². The van der Waals surface area contributed by atoms with Gasteiger partial charge in [0.25, 0.3) is 0 Å². The molecule has 0 amide bonds. The minimum absolute atomic E-state index is 0.764. The van der Waals surface area contributed by atoms with E-state index in [4.69, 9.17) is 34.7 Å². The van der Waals surface area contributed by atoms with Gasteiger partial charge in [0, 0.05) is 6.54 Å². The number of halogens is 5. The van der Waals surface area contributed by atoms with Crippen LogP contribution in [0.4, 0.5) is 13.2 Å². The fourth-order valence-electron chi connectivity index (χ4n) is 0.441. The van der Waals surface area contributed by atoms with Crippen molar-refractivity contribution in [3.05, 3.63) is 0 Å². The van der Waals surface area contributed by atoms with Crippen LogP contribution in [0.2, 0.25) is 0 Å². The SMILES string of the molecule is CC(CN)(C(F)(F)F)C(N)(Cl)Cl. The van der Waals surface area contributed by atoms with Crippen molar-refractivity contribution in [2.75, 3.05) is 6.54 Å². The van der Waals surface area contributed by atoms with E-state index in [9.17, 15) is 13.2 Å². The second kappa shape index (κ2) is 3.21. The molecule has 0 aromatic carbocycles. The van der Waals surface area contributed by atoms with E-state index in [2.05, 4.69) is 0 Å². The van der Waals surface area contributed by atoms with Gasteiger partial charge in [-0.2, -0.15) is 13.2 Å². The lowest BCUT2D eigenvalue weighted by Crippen LogP contribution is -2.57. The van der Waals surface area contributed by atoms with Gasteiger partial charge in [-0.1, -0.05) is 23.2 Å². The summed E-state index contributed by atoms with van der Waals surface area (Å²) in [5.41, 5.74) is 7.35. The van der Waals surface area contributed by atoms with Gasteiger partial charge in [-0.05, 0) is 6.92 Å². The normalized spacial score (nSPS) is 19.0. The van der Waals surface area contributed by atoms with Crippen molar-refractivity contribution in [1.82, 2.24) is 0 Å². The molecule has 0 bridgehead atoms. The Morgan fingerprint density at radius 3 is 1.58 bits per heavy atom. The van der Waals surface area contributed by atoms with Crippen LogP contribution in [-0.2, 0) is 0 Å². The van der Waals surface area contributed by atoms with Crippen LogP contribution in [0.15, 0.2) is 0 Å². The maximum absolute atomic E-state index is 12.3.